The summed E-state index contributed by atoms with van der Waals surface area (Å²) in [5, 5.41) is 2.06. The van der Waals surface area contributed by atoms with Gasteiger partial charge in [-0.25, -0.2) is 8.42 Å². The lowest BCUT2D eigenvalue weighted by atomic mass is 10.0. The van der Waals surface area contributed by atoms with Crippen LogP contribution in [0.2, 0.25) is 5.02 Å². The number of H-pyrrole nitrogens is 2. The number of aromatic amines is 2. The van der Waals surface area contributed by atoms with E-state index in [4.69, 9.17) is 11.6 Å². The molecule has 0 aliphatic carbocycles. The molecule has 25 heavy (non-hydrogen) atoms. The van der Waals surface area contributed by atoms with Gasteiger partial charge in [0.15, 0.2) is 9.84 Å². The van der Waals surface area contributed by atoms with Crippen LogP contribution in [0.4, 0.5) is 0 Å². The van der Waals surface area contributed by atoms with Crippen molar-refractivity contribution in [2.24, 2.45) is 0 Å². The number of pyridine rings is 1. The number of aromatic nitrogens is 2. The van der Waals surface area contributed by atoms with Crippen LogP contribution in [0.1, 0.15) is 0 Å². The van der Waals surface area contributed by atoms with E-state index in [9.17, 15) is 13.2 Å². The summed E-state index contributed by atoms with van der Waals surface area (Å²) in [6, 6.07) is 12.0. The highest BCUT2D eigenvalue weighted by atomic mass is 35.5. The second kappa shape index (κ2) is 5.47. The SMILES string of the molecule is CS(=O)(=O)c1cccc(-c2cc3c(cc2Cl)[nH]c(=O)c2[nH]ccc23)c1. The van der Waals surface area contributed by atoms with E-state index in [1.807, 2.05) is 18.2 Å². The van der Waals surface area contributed by atoms with Crippen molar-refractivity contribution < 1.29 is 8.42 Å². The molecule has 5 nitrogen and oxygen atoms in total. The fourth-order valence-electron chi connectivity index (χ4n) is 2.98. The Labute approximate surface area is 148 Å². The maximum absolute atomic E-state index is 12.1. The standard InChI is InChI=1S/C18H13ClN2O3S/c1-25(23,24)11-4-2-3-10(7-11)13-8-14-12-5-6-20-17(12)18(22)21-16(14)9-15(13)19/h2-9,20H,1H3,(H,21,22). The summed E-state index contributed by atoms with van der Waals surface area (Å²) in [5.74, 6) is 0. The minimum Gasteiger partial charge on any atom is -0.357 e. The van der Waals surface area contributed by atoms with Gasteiger partial charge in [0.2, 0.25) is 0 Å². The summed E-state index contributed by atoms with van der Waals surface area (Å²) < 4.78 is 23.6. The predicted molar refractivity (Wildman–Crippen MR) is 100.0 cm³/mol. The van der Waals surface area contributed by atoms with Gasteiger partial charge < -0.3 is 9.97 Å². The first-order chi connectivity index (χ1) is 11.8. The fraction of sp³-hybridized carbons (Fsp3) is 0.0556. The van der Waals surface area contributed by atoms with E-state index in [0.29, 0.717) is 27.2 Å². The van der Waals surface area contributed by atoms with Crippen molar-refractivity contribution in [3.05, 3.63) is 64.0 Å². The minimum atomic E-state index is -3.32. The first-order valence-electron chi connectivity index (χ1n) is 7.48. The highest BCUT2D eigenvalue weighted by Gasteiger charge is 2.13. The molecule has 2 heterocycles. The smallest absolute Gasteiger partial charge is 0.272 e. The minimum absolute atomic E-state index is 0.213. The third-order valence-electron chi connectivity index (χ3n) is 4.19. The lowest BCUT2D eigenvalue weighted by Gasteiger charge is -2.09. The molecule has 0 unspecified atom stereocenters. The molecule has 0 saturated carbocycles. The second-order valence-electron chi connectivity index (χ2n) is 5.90. The van der Waals surface area contributed by atoms with E-state index in [0.717, 1.165) is 10.8 Å². The number of halogens is 1. The van der Waals surface area contributed by atoms with Crippen molar-refractivity contribution in [2.45, 2.75) is 4.90 Å². The normalized spacial score (nSPS) is 12.1. The largest absolute Gasteiger partial charge is 0.357 e. The molecule has 4 aromatic rings. The number of benzene rings is 2. The number of hydrogen-bond acceptors (Lipinski definition) is 3. The number of nitrogens with one attached hydrogen (secondary N) is 2. The van der Waals surface area contributed by atoms with Crippen LogP contribution in [0.5, 0.6) is 0 Å². The van der Waals surface area contributed by atoms with Crippen LogP contribution in [0, 0.1) is 0 Å². The Morgan fingerprint density at radius 2 is 1.84 bits per heavy atom. The molecule has 0 saturated heterocycles. The topological polar surface area (TPSA) is 82.8 Å². The van der Waals surface area contributed by atoms with E-state index >= 15 is 0 Å². The van der Waals surface area contributed by atoms with Gasteiger partial charge in [-0.3, -0.25) is 4.79 Å². The van der Waals surface area contributed by atoms with E-state index in [1.54, 1.807) is 30.5 Å². The van der Waals surface area contributed by atoms with Crippen molar-refractivity contribution in [3.63, 3.8) is 0 Å². The number of fused-ring (bicyclic) bond motifs is 3. The first kappa shape index (κ1) is 15.9. The molecule has 0 aliphatic rings. The molecule has 4 rings (SSSR count). The highest BCUT2D eigenvalue weighted by molar-refractivity contribution is 7.90. The quantitative estimate of drug-likeness (QED) is 0.562. The molecule has 0 bridgehead atoms. The molecule has 0 aliphatic heterocycles. The van der Waals surface area contributed by atoms with E-state index in [2.05, 4.69) is 9.97 Å². The molecule has 0 spiro atoms. The van der Waals surface area contributed by atoms with Crippen molar-refractivity contribution >= 4 is 43.2 Å². The van der Waals surface area contributed by atoms with E-state index in [-0.39, 0.29) is 10.5 Å². The summed E-state index contributed by atoms with van der Waals surface area (Å²) in [6.07, 6.45) is 2.88. The van der Waals surface area contributed by atoms with E-state index in [1.165, 1.54) is 6.26 Å². The Hall–Kier alpha value is -2.57. The molecule has 0 amide bonds. The van der Waals surface area contributed by atoms with Crippen LogP contribution >= 0.6 is 11.6 Å². The zero-order chi connectivity index (χ0) is 17.8. The molecule has 2 aromatic heterocycles. The first-order valence-corrected chi connectivity index (χ1v) is 9.74. The second-order valence-corrected chi connectivity index (χ2v) is 8.32. The van der Waals surface area contributed by atoms with Crippen molar-refractivity contribution in [2.75, 3.05) is 6.26 Å². The van der Waals surface area contributed by atoms with Gasteiger partial charge in [0.05, 0.1) is 15.4 Å². The maximum Gasteiger partial charge on any atom is 0.272 e. The Balaban J connectivity index is 2.04. The van der Waals surface area contributed by atoms with Gasteiger partial charge in [0.25, 0.3) is 5.56 Å². The Bertz CT molecular complexity index is 1300. The van der Waals surface area contributed by atoms with E-state index < -0.39 is 9.84 Å². The summed E-state index contributed by atoms with van der Waals surface area (Å²) in [4.78, 5) is 18.0. The van der Waals surface area contributed by atoms with Crippen molar-refractivity contribution in [3.8, 4) is 11.1 Å². The Kier molecular flexibility index (Phi) is 3.49. The summed E-state index contributed by atoms with van der Waals surface area (Å²) in [7, 11) is -3.32. The van der Waals surface area contributed by atoms with Crippen LogP contribution in [-0.4, -0.2) is 24.6 Å². The lowest BCUT2D eigenvalue weighted by Crippen LogP contribution is -2.06. The summed E-state index contributed by atoms with van der Waals surface area (Å²) in [6.45, 7) is 0. The molecule has 0 atom stereocenters. The van der Waals surface area contributed by atoms with Crippen LogP contribution in [0.15, 0.2) is 58.4 Å². The van der Waals surface area contributed by atoms with Crippen LogP contribution in [-0.2, 0) is 9.84 Å². The monoisotopic (exact) mass is 372 g/mol. The Morgan fingerprint density at radius 1 is 1.04 bits per heavy atom. The van der Waals surface area contributed by atoms with Gasteiger partial charge in [-0.2, -0.15) is 0 Å². The molecular weight excluding hydrogens is 360 g/mol. The average molecular weight is 373 g/mol. The maximum atomic E-state index is 12.1. The van der Waals surface area contributed by atoms with Gasteiger partial charge in [-0.15, -0.1) is 0 Å². The van der Waals surface area contributed by atoms with Crippen LogP contribution in [0.25, 0.3) is 32.9 Å². The third-order valence-corrected chi connectivity index (χ3v) is 5.62. The molecule has 2 aromatic carbocycles. The van der Waals surface area contributed by atoms with Crippen LogP contribution in [0.3, 0.4) is 0 Å². The van der Waals surface area contributed by atoms with Gasteiger partial charge in [-0.1, -0.05) is 23.7 Å². The molecule has 0 radical (unpaired) electrons. The number of sulfone groups is 1. The zero-order valence-corrected chi connectivity index (χ0v) is 14.7. The van der Waals surface area contributed by atoms with Gasteiger partial charge in [-0.05, 0) is 35.9 Å². The van der Waals surface area contributed by atoms with Gasteiger partial charge >= 0.3 is 0 Å². The lowest BCUT2D eigenvalue weighted by molar-refractivity contribution is 0.602. The fourth-order valence-corrected chi connectivity index (χ4v) is 3.92. The number of rotatable bonds is 2. The number of hydrogen-bond donors (Lipinski definition) is 2. The molecule has 7 heteroatoms. The third kappa shape index (κ3) is 2.63. The van der Waals surface area contributed by atoms with Crippen molar-refractivity contribution in [1.82, 2.24) is 9.97 Å². The molecule has 0 fully saturated rings. The van der Waals surface area contributed by atoms with Gasteiger partial charge in [0.1, 0.15) is 5.52 Å². The summed E-state index contributed by atoms with van der Waals surface area (Å²) >= 11 is 6.40. The average Bonchev–Trinajstić information content (AvgIpc) is 3.04. The Morgan fingerprint density at radius 3 is 2.60 bits per heavy atom. The molecular formula is C18H13ClN2O3S. The van der Waals surface area contributed by atoms with Crippen molar-refractivity contribution in [1.29, 1.82) is 0 Å². The van der Waals surface area contributed by atoms with Gasteiger partial charge in [0, 0.05) is 28.8 Å². The van der Waals surface area contributed by atoms with Crippen LogP contribution < -0.4 is 5.56 Å². The predicted octanol–water partition coefficient (Wildman–Crippen LogP) is 3.73. The highest BCUT2D eigenvalue weighted by Crippen LogP contribution is 2.34. The zero-order valence-electron chi connectivity index (χ0n) is 13.1. The summed E-state index contributed by atoms with van der Waals surface area (Å²) in [5.41, 5.74) is 2.31. The molecule has 126 valence electrons. The molecule has 2 N–H and O–H groups in total.